The van der Waals surface area contributed by atoms with Crippen LogP contribution in [-0.4, -0.2) is 6.54 Å². The molecule has 0 heterocycles. The molecule has 64 valence electrons. The maximum atomic E-state index is 12.8. The van der Waals surface area contributed by atoms with Crippen LogP contribution in [0.4, 0.5) is 4.39 Å². The quantitative estimate of drug-likeness (QED) is 0.674. The second-order valence-corrected chi connectivity index (χ2v) is 3.31. The fourth-order valence-corrected chi connectivity index (χ4v) is 1.92. The normalized spacial score (nSPS) is 21.0. The third kappa shape index (κ3) is 1.12. The summed E-state index contributed by atoms with van der Waals surface area (Å²) < 4.78 is 12.8. The largest absolute Gasteiger partial charge is 0.330 e. The van der Waals surface area contributed by atoms with Crippen LogP contribution in [-0.2, 0) is 6.42 Å². The van der Waals surface area contributed by atoms with E-state index in [0.717, 1.165) is 18.4 Å². The van der Waals surface area contributed by atoms with Crippen LogP contribution in [0.2, 0.25) is 0 Å². The molecule has 1 aliphatic rings. The van der Waals surface area contributed by atoms with Crippen molar-refractivity contribution in [1.82, 2.24) is 0 Å². The Kier molecular flexibility index (Phi) is 1.85. The molecular weight excluding hydrogens is 153 g/mol. The van der Waals surface area contributed by atoms with Crippen LogP contribution >= 0.6 is 0 Å². The lowest BCUT2D eigenvalue weighted by molar-refractivity contribution is 0.625. The molecule has 0 spiro atoms. The number of nitrogens with two attached hydrogens (primary N) is 1. The van der Waals surface area contributed by atoms with Crippen LogP contribution in [0.5, 0.6) is 0 Å². The van der Waals surface area contributed by atoms with Crippen LogP contribution in [0, 0.1) is 5.82 Å². The third-order valence-corrected chi connectivity index (χ3v) is 2.59. The predicted octanol–water partition coefficient (Wildman–Crippen LogP) is 1.81. The summed E-state index contributed by atoms with van der Waals surface area (Å²) in [5.41, 5.74) is 7.99. The first-order chi connectivity index (χ1) is 5.81. The highest BCUT2D eigenvalue weighted by atomic mass is 19.1. The molecule has 12 heavy (non-hydrogen) atoms. The predicted molar refractivity (Wildman–Crippen MR) is 46.5 cm³/mol. The summed E-state index contributed by atoms with van der Waals surface area (Å²) in [5.74, 6) is 0.326. The van der Waals surface area contributed by atoms with Crippen molar-refractivity contribution in [1.29, 1.82) is 0 Å². The molecule has 1 aliphatic carbocycles. The van der Waals surface area contributed by atoms with Gasteiger partial charge in [0.15, 0.2) is 0 Å². The molecule has 1 nitrogen and oxygen atoms in total. The highest BCUT2D eigenvalue weighted by Crippen LogP contribution is 2.32. The zero-order valence-electron chi connectivity index (χ0n) is 6.89. The van der Waals surface area contributed by atoms with Gasteiger partial charge in [-0.05, 0) is 48.6 Å². The number of halogens is 1. The van der Waals surface area contributed by atoms with E-state index in [1.165, 1.54) is 11.6 Å². The number of hydrogen-bond acceptors (Lipinski definition) is 1. The standard InChI is InChI=1S/C10H12FN/c11-9-3-4-10-7(5-9)1-2-8(10)6-12/h3-5,8H,1-2,6,12H2. The Hall–Kier alpha value is -0.890. The van der Waals surface area contributed by atoms with Gasteiger partial charge in [0.1, 0.15) is 5.82 Å². The van der Waals surface area contributed by atoms with Crippen molar-refractivity contribution in [3.8, 4) is 0 Å². The number of rotatable bonds is 1. The third-order valence-electron chi connectivity index (χ3n) is 2.59. The summed E-state index contributed by atoms with van der Waals surface area (Å²) in [7, 11) is 0. The first kappa shape index (κ1) is 7.74. The van der Waals surface area contributed by atoms with E-state index in [4.69, 9.17) is 5.73 Å². The molecule has 2 rings (SSSR count). The molecule has 2 heteroatoms. The zero-order valence-corrected chi connectivity index (χ0v) is 6.89. The lowest BCUT2D eigenvalue weighted by Crippen LogP contribution is -2.09. The van der Waals surface area contributed by atoms with Gasteiger partial charge in [0.05, 0.1) is 0 Å². The van der Waals surface area contributed by atoms with Crippen LogP contribution in [0.15, 0.2) is 18.2 Å². The van der Waals surface area contributed by atoms with E-state index in [0.29, 0.717) is 12.5 Å². The van der Waals surface area contributed by atoms with E-state index in [1.54, 1.807) is 6.07 Å². The number of benzene rings is 1. The summed E-state index contributed by atoms with van der Waals surface area (Å²) >= 11 is 0. The van der Waals surface area contributed by atoms with E-state index in [1.807, 2.05) is 6.07 Å². The van der Waals surface area contributed by atoms with Gasteiger partial charge in [-0.3, -0.25) is 0 Å². The summed E-state index contributed by atoms with van der Waals surface area (Å²) in [6, 6.07) is 5.02. The van der Waals surface area contributed by atoms with Gasteiger partial charge in [-0.2, -0.15) is 0 Å². The van der Waals surface area contributed by atoms with Gasteiger partial charge < -0.3 is 5.73 Å². The van der Waals surface area contributed by atoms with Crippen LogP contribution in [0.25, 0.3) is 0 Å². The van der Waals surface area contributed by atoms with E-state index < -0.39 is 0 Å². The monoisotopic (exact) mass is 165 g/mol. The summed E-state index contributed by atoms with van der Waals surface area (Å²) in [4.78, 5) is 0. The molecule has 2 N–H and O–H groups in total. The van der Waals surface area contributed by atoms with Gasteiger partial charge in [0.2, 0.25) is 0 Å². The lowest BCUT2D eigenvalue weighted by atomic mass is 10.0. The molecular formula is C10H12FN. The van der Waals surface area contributed by atoms with Crippen molar-refractivity contribution >= 4 is 0 Å². The molecule has 0 radical (unpaired) electrons. The molecule has 1 aromatic rings. The highest BCUT2D eigenvalue weighted by Gasteiger charge is 2.20. The highest BCUT2D eigenvalue weighted by molar-refractivity contribution is 5.35. The maximum Gasteiger partial charge on any atom is 0.123 e. The Morgan fingerprint density at radius 3 is 3.08 bits per heavy atom. The molecule has 0 bridgehead atoms. The van der Waals surface area contributed by atoms with Gasteiger partial charge in [0, 0.05) is 0 Å². The van der Waals surface area contributed by atoms with Gasteiger partial charge >= 0.3 is 0 Å². The number of hydrogen-bond donors (Lipinski definition) is 1. The van der Waals surface area contributed by atoms with Crippen molar-refractivity contribution < 1.29 is 4.39 Å². The second-order valence-electron chi connectivity index (χ2n) is 3.31. The fraction of sp³-hybridized carbons (Fsp3) is 0.400. The van der Waals surface area contributed by atoms with E-state index in [-0.39, 0.29) is 5.82 Å². The van der Waals surface area contributed by atoms with Crippen molar-refractivity contribution in [2.24, 2.45) is 5.73 Å². The minimum atomic E-state index is -0.133. The second kappa shape index (κ2) is 2.87. The zero-order chi connectivity index (χ0) is 8.55. The fourth-order valence-electron chi connectivity index (χ4n) is 1.92. The molecule has 1 unspecified atom stereocenters. The Morgan fingerprint density at radius 2 is 2.33 bits per heavy atom. The van der Waals surface area contributed by atoms with E-state index >= 15 is 0 Å². The van der Waals surface area contributed by atoms with Crippen molar-refractivity contribution in [2.45, 2.75) is 18.8 Å². The molecule has 0 fully saturated rings. The minimum absolute atomic E-state index is 0.133. The molecule has 0 aromatic heterocycles. The molecule has 0 saturated carbocycles. The summed E-state index contributed by atoms with van der Waals surface area (Å²) in [5, 5.41) is 0. The molecule has 1 aromatic carbocycles. The average Bonchev–Trinajstić information content (AvgIpc) is 2.46. The van der Waals surface area contributed by atoms with Crippen molar-refractivity contribution in [3.63, 3.8) is 0 Å². The molecule has 0 aliphatic heterocycles. The van der Waals surface area contributed by atoms with Crippen LogP contribution in [0.1, 0.15) is 23.5 Å². The first-order valence-electron chi connectivity index (χ1n) is 4.29. The van der Waals surface area contributed by atoms with Gasteiger partial charge in [-0.1, -0.05) is 6.07 Å². The number of aryl methyl sites for hydroxylation is 1. The number of fused-ring (bicyclic) bond motifs is 1. The van der Waals surface area contributed by atoms with Crippen molar-refractivity contribution in [2.75, 3.05) is 6.54 Å². The Labute approximate surface area is 71.4 Å². The molecule has 0 amide bonds. The topological polar surface area (TPSA) is 26.0 Å². The van der Waals surface area contributed by atoms with Crippen LogP contribution < -0.4 is 5.73 Å². The lowest BCUT2D eigenvalue weighted by Gasteiger charge is -2.06. The van der Waals surface area contributed by atoms with Crippen LogP contribution in [0.3, 0.4) is 0 Å². The summed E-state index contributed by atoms with van der Waals surface area (Å²) in [6.07, 6.45) is 2.06. The average molecular weight is 165 g/mol. The smallest absolute Gasteiger partial charge is 0.123 e. The Bertz CT molecular complexity index is 296. The van der Waals surface area contributed by atoms with Gasteiger partial charge in [-0.15, -0.1) is 0 Å². The van der Waals surface area contributed by atoms with E-state index in [2.05, 4.69) is 0 Å². The molecule has 0 saturated heterocycles. The van der Waals surface area contributed by atoms with E-state index in [9.17, 15) is 4.39 Å². The Morgan fingerprint density at radius 1 is 1.50 bits per heavy atom. The SMILES string of the molecule is NCC1CCc2cc(F)ccc21. The first-order valence-corrected chi connectivity index (χ1v) is 4.29. The minimum Gasteiger partial charge on any atom is -0.330 e. The van der Waals surface area contributed by atoms with Crippen molar-refractivity contribution in [3.05, 3.63) is 35.1 Å². The summed E-state index contributed by atoms with van der Waals surface area (Å²) in [6.45, 7) is 0.679. The molecule has 1 atom stereocenters. The van der Waals surface area contributed by atoms with Gasteiger partial charge in [-0.25, -0.2) is 4.39 Å². The Balaban J connectivity index is 2.40. The van der Waals surface area contributed by atoms with Gasteiger partial charge in [0.25, 0.3) is 0 Å². The maximum absolute atomic E-state index is 12.8.